The van der Waals surface area contributed by atoms with E-state index in [0.717, 1.165) is 13.1 Å². The van der Waals surface area contributed by atoms with Gasteiger partial charge in [0.2, 0.25) is 0 Å². The summed E-state index contributed by atoms with van der Waals surface area (Å²) in [4.78, 5) is 30.2. The molecule has 9 heteroatoms. The summed E-state index contributed by atoms with van der Waals surface area (Å²) in [5.41, 5.74) is 0.921. The van der Waals surface area contributed by atoms with Crippen LogP contribution in [0, 0.1) is 0 Å². The third-order valence-electron chi connectivity index (χ3n) is 6.32. The maximum Gasteiger partial charge on any atom is 0.295 e. The molecular weight excluding hydrogens is 464 g/mol. The van der Waals surface area contributed by atoms with Gasteiger partial charge in [-0.2, -0.15) is 0 Å². The number of morpholine rings is 1. The van der Waals surface area contributed by atoms with Crippen molar-refractivity contribution in [2.24, 2.45) is 0 Å². The number of hydrogen-bond acceptors (Lipinski definition) is 8. The van der Waals surface area contributed by atoms with Crippen LogP contribution in [0.3, 0.4) is 0 Å². The second-order valence-corrected chi connectivity index (χ2v) is 8.57. The Balaban J connectivity index is 1.77. The van der Waals surface area contributed by atoms with E-state index < -0.39 is 17.7 Å². The van der Waals surface area contributed by atoms with Gasteiger partial charge in [0.05, 0.1) is 38.0 Å². The number of nitrogens with zero attached hydrogens (tertiary/aromatic N) is 2. The first-order valence-corrected chi connectivity index (χ1v) is 12.2. The SMILES string of the molecule is CCOc1cccc(C(O)=C2C(=O)C(=O)N(CCN3CCOCC3)C2c2ccc(O)c(OCC)c2)c1. The average Bonchev–Trinajstić information content (AvgIpc) is 3.14. The first-order valence-electron chi connectivity index (χ1n) is 12.2. The van der Waals surface area contributed by atoms with Gasteiger partial charge >= 0.3 is 0 Å². The Morgan fingerprint density at radius 3 is 2.50 bits per heavy atom. The number of likely N-dealkylation sites (tertiary alicyclic amines) is 1. The molecule has 9 nitrogen and oxygen atoms in total. The normalized spacial score (nSPS) is 20.1. The smallest absolute Gasteiger partial charge is 0.295 e. The molecule has 0 aromatic heterocycles. The second-order valence-electron chi connectivity index (χ2n) is 8.57. The molecule has 1 amide bonds. The molecule has 2 saturated heterocycles. The number of aliphatic hydroxyl groups excluding tert-OH is 1. The molecule has 36 heavy (non-hydrogen) atoms. The highest BCUT2D eigenvalue weighted by Gasteiger charge is 2.46. The molecule has 4 rings (SSSR count). The highest BCUT2D eigenvalue weighted by atomic mass is 16.5. The number of benzene rings is 2. The van der Waals surface area contributed by atoms with Gasteiger partial charge in [0.1, 0.15) is 11.5 Å². The van der Waals surface area contributed by atoms with E-state index in [1.54, 1.807) is 43.3 Å². The van der Waals surface area contributed by atoms with Crippen molar-refractivity contribution in [3.63, 3.8) is 0 Å². The van der Waals surface area contributed by atoms with E-state index in [9.17, 15) is 19.8 Å². The minimum atomic E-state index is -0.846. The van der Waals surface area contributed by atoms with E-state index in [1.807, 2.05) is 6.92 Å². The fourth-order valence-electron chi connectivity index (χ4n) is 4.56. The number of carbonyl (C=O) groups excluding carboxylic acids is 2. The molecule has 0 radical (unpaired) electrons. The van der Waals surface area contributed by atoms with Crippen LogP contribution in [0.5, 0.6) is 17.2 Å². The number of amides is 1. The lowest BCUT2D eigenvalue weighted by molar-refractivity contribution is -0.140. The van der Waals surface area contributed by atoms with Crippen LogP contribution in [0.15, 0.2) is 48.0 Å². The van der Waals surface area contributed by atoms with Gasteiger partial charge in [0.15, 0.2) is 11.5 Å². The van der Waals surface area contributed by atoms with Gasteiger partial charge in [-0.05, 0) is 43.7 Å². The zero-order valence-electron chi connectivity index (χ0n) is 20.6. The Morgan fingerprint density at radius 1 is 1.03 bits per heavy atom. The van der Waals surface area contributed by atoms with Crippen LogP contribution in [-0.2, 0) is 14.3 Å². The van der Waals surface area contributed by atoms with E-state index in [4.69, 9.17) is 14.2 Å². The van der Waals surface area contributed by atoms with Gasteiger partial charge in [-0.25, -0.2) is 0 Å². The number of phenolic OH excluding ortho intramolecular Hbond substituents is 1. The van der Waals surface area contributed by atoms with Crippen LogP contribution >= 0.6 is 0 Å². The molecule has 2 aliphatic rings. The van der Waals surface area contributed by atoms with Crippen molar-refractivity contribution in [2.75, 3.05) is 52.6 Å². The Morgan fingerprint density at radius 2 is 1.78 bits per heavy atom. The number of phenols is 1. The summed E-state index contributed by atoms with van der Waals surface area (Å²) in [5, 5.41) is 21.5. The number of aliphatic hydroxyl groups is 1. The van der Waals surface area contributed by atoms with E-state index in [1.165, 1.54) is 11.0 Å². The van der Waals surface area contributed by atoms with Gasteiger partial charge in [-0.15, -0.1) is 0 Å². The summed E-state index contributed by atoms with van der Waals surface area (Å²) in [6.45, 7) is 8.00. The molecule has 2 heterocycles. The minimum Gasteiger partial charge on any atom is -0.507 e. The molecule has 192 valence electrons. The summed E-state index contributed by atoms with van der Waals surface area (Å²) in [6.07, 6.45) is 0. The van der Waals surface area contributed by atoms with Gasteiger partial charge in [0.25, 0.3) is 11.7 Å². The van der Waals surface area contributed by atoms with Crippen LogP contribution in [0.4, 0.5) is 0 Å². The van der Waals surface area contributed by atoms with E-state index in [-0.39, 0.29) is 29.4 Å². The third kappa shape index (κ3) is 5.32. The monoisotopic (exact) mass is 496 g/mol. The van der Waals surface area contributed by atoms with Crippen molar-refractivity contribution in [3.05, 3.63) is 59.2 Å². The zero-order valence-corrected chi connectivity index (χ0v) is 20.6. The highest BCUT2D eigenvalue weighted by Crippen LogP contribution is 2.42. The summed E-state index contributed by atoms with van der Waals surface area (Å²) >= 11 is 0. The fraction of sp³-hybridized carbons (Fsp3) is 0.407. The zero-order chi connectivity index (χ0) is 25.7. The predicted molar refractivity (Wildman–Crippen MR) is 133 cm³/mol. The Kier molecular flexibility index (Phi) is 8.12. The standard InChI is InChI=1S/C27H32N2O7/c1-3-35-20-7-5-6-19(16-20)25(31)23-24(18-8-9-21(30)22(17-18)36-4-2)29(27(33)26(23)32)11-10-28-12-14-34-15-13-28/h5-9,16-17,24,30-31H,3-4,10-15H2,1-2H3. The number of hydrogen-bond donors (Lipinski definition) is 2. The first-order chi connectivity index (χ1) is 17.4. The average molecular weight is 497 g/mol. The van der Waals surface area contributed by atoms with Crippen LogP contribution in [0.2, 0.25) is 0 Å². The molecule has 2 fully saturated rings. The van der Waals surface area contributed by atoms with Crippen molar-refractivity contribution in [2.45, 2.75) is 19.9 Å². The predicted octanol–water partition coefficient (Wildman–Crippen LogP) is 2.94. The van der Waals surface area contributed by atoms with Gasteiger partial charge in [-0.3, -0.25) is 14.5 Å². The second kappa shape index (κ2) is 11.5. The maximum absolute atomic E-state index is 13.3. The molecule has 0 saturated carbocycles. The Labute approximate surface area is 210 Å². The summed E-state index contributed by atoms with van der Waals surface area (Å²) < 4.78 is 16.5. The van der Waals surface area contributed by atoms with Crippen LogP contribution in [0.25, 0.3) is 5.76 Å². The third-order valence-corrected chi connectivity index (χ3v) is 6.32. The Hall–Kier alpha value is -3.56. The largest absolute Gasteiger partial charge is 0.507 e. The molecular formula is C27H32N2O7. The lowest BCUT2D eigenvalue weighted by atomic mass is 9.95. The van der Waals surface area contributed by atoms with Crippen LogP contribution in [0.1, 0.15) is 31.0 Å². The van der Waals surface area contributed by atoms with Gasteiger partial charge in [-0.1, -0.05) is 18.2 Å². The molecule has 2 aromatic rings. The quantitative estimate of drug-likeness (QED) is 0.310. The maximum atomic E-state index is 13.3. The fourth-order valence-corrected chi connectivity index (χ4v) is 4.56. The van der Waals surface area contributed by atoms with E-state index in [2.05, 4.69) is 4.90 Å². The number of rotatable bonds is 9. The number of Topliss-reactive ketones (excluding diaryl/α,β-unsaturated/α-hetero) is 1. The molecule has 1 atom stereocenters. The molecule has 2 aromatic carbocycles. The molecule has 2 aliphatic heterocycles. The number of carbonyl (C=O) groups is 2. The minimum absolute atomic E-state index is 0.0104. The van der Waals surface area contributed by atoms with Crippen LogP contribution < -0.4 is 9.47 Å². The molecule has 0 aliphatic carbocycles. The summed E-state index contributed by atoms with van der Waals surface area (Å²) in [5.74, 6) is -0.973. The van der Waals surface area contributed by atoms with Crippen molar-refractivity contribution in [1.82, 2.24) is 9.80 Å². The van der Waals surface area contributed by atoms with Crippen molar-refractivity contribution < 1.29 is 34.0 Å². The summed E-state index contributed by atoms with van der Waals surface area (Å²) in [7, 11) is 0. The summed E-state index contributed by atoms with van der Waals surface area (Å²) in [6, 6.07) is 10.7. The van der Waals surface area contributed by atoms with Crippen LogP contribution in [-0.4, -0.2) is 84.3 Å². The lowest BCUT2D eigenvalue weighted by Gasteiger charge is -2.31. The highest BCUT2D eigenvalue weighted by molar-refractivity contribution is 6.46. The van der Waals surface area contributed by atoms with E-state index >= 15 is 0 Å². The molecule has 0 bridgehead atoms. The molecule has 0 spiro atoms. The van der Waals surface area contributed by atoms with Crippen molar-refractivity contribution in [3.8, 4) is 17.2 Å². The Bertz CT molecular complexity index is 1140. The van der Waals surface area contributed by atoms with Gasteiger partial charge < -0.3 is 29.3 Å². The first kappa shape index (κ1) is 25.5. The van der Waals surface area contributed by atoms with Crippen molar-refractivity contribution >= 4 is 17.4 Å². The topological polar surface area (TPSA) is 109 Å². The number of ketones is 1. The number of aromatic hydroxyl groups is 1. The van der Waals surface area contributed by atoms with E-state index in [0.29, 0.717) is 49.8 Å². The number of ether oxygens (including phenoxy) is 3. The molecule has 1 unspecified atom stereocenters. The molecule has 2 N–H and O–H groups in total. The van der Waals surface area contributed by atoms with Crippen molar-refractivity contribution in [1.29, 1.82) is 0 Å². The van der Waals surface area contributed by atoms with Gasteiger partial charge in [0, 0.05) is 31.7 Å². The lowest BCUT2D eigenvalue weighted by Crippen LogP contribution is -2.42.